The Labute approximate surface area is 114 Å². The molecule has 0 aromatic carbocycles. The largest absolute Gasteiger partial charge is 0.493 e. The first-order valence-electron chi connectivity index (χ1n) is 7.27. The minimum Gasteiger partial charge on any atom is -0.493 e. The van der Waals surface area contributed by atoms with Crippen LogP contribution in [-0.2, 0) is 0 Å². The van der Waals surface area contributed by atoms with E-state index in [0.717, 1.165) is 12.3 Å². The van der Waals surface area contributed by atoms with Crippen molar-refractivity contribution in [2.45, 2.75) is 45.6 Å². The van der Waals surface area contributed by atoms with Crippen LogP contribution >= 0.6 is 0 Å². The van der Waals surface area contributed by atoms with Crippen molar-refractivity contribution >= 4 is 5.78 Å². The number of methoxy groups -OCH3 is 1. The van der Waals surface area contributed by atoms with Gasteiger partial charge in [-0.25, -0.2) is 0 Å². The summed E-state index contributed by atoms with van der Waals surface area (Å²) in [7, 11) is 1.61. The number of hydrogen-bond acceptors (Lipinski definition) is 3. The van der Waals surface area contributed by atoms with Gasteiger partial charge in [-0.1, -0.05) is 6.42 Å². The van der Waals surface area contributed by atoms with E-state index in [2.05, 4.69) is 5.10 Å². The molecule has 2 aliphatic carbocycles. The van der Waals surface area contributed by atoms with Crippen molar-refractivity contribution in [3.63, 3.8) is 0 Å². The molecule has 0 spiro atoms. The Hall–Kier alpha value is -1.32. The Morgan fingerprint density at radius 2 is 2.21 bits per heavy atom. The van der Waals surface area contributed by atoms with Crippen molar-refractivity contribution in [1.82, 2.24) is 9.78 Å². The second kappa shape index (κ2) is 4.66. The highest BCUT2D eigenvalue weighted by Gasteiger charge is 2.44. The number of fused-ring (bicyclic) bond motifs is 2. The van der Waals surface area contributed by atoms with E-state index in [1.165, 1.54) is 19.3 Å². The van der Waals surface area contributed by atoms with Gasteiger partial charge < -0.3 is 4.74 Å². The first kappa shape index (κ1) is 12.7. The van der Waals surface area contributed by atoms with Gasteiger partial charge in [-0.05, 0) is 44.9 Å². The van der Waals surface area contributed by atoms with E-state index in [-0.39, 0.29) is 17.7 Å². The van der Waals surface area contributed by atoms with Crippen molar-refractivity contribution in [1.29, 1.82) is 0 Å². The number of ketones is 1. The monoisotopic (exact) mass is 262 g/mol. The number of nitrogens with zero attached hydrogens (tertiary/aromatic N) is 2. The lowest BCUT2D eigenvalue weighted by atomic mass is 9.84. The van der Waals surface area contributed by atoms with Gasteiger partial charge in [0.15, 0.2) is 11.5 Å². The van der Waals surface area contributed by atoms with Crippen LogP contribution in [0.4, 0.5) is 0 Å². The highest BCUT2D eigenvalue weighted by atomic mass is 16.5. The zero-order valence-electron chi connectivity index (χ0n) is 11.9. The van der Waals surface area contributed by atoms with E-state index in [1.807, 2.05) is 18.5 Å². The van der Waals surface area contributed by atoms with Crippen molar-refractivity contribution in [3.05, 3.63) is 11.9 Å². The Kier molecular flexibility index (Phi) is 3.11. The van der Waals surface area contributed by atoms with Crippen LogP contribution in [0.25, 0.3) is 0 Å². The Bertz CT molecular complexity index is 492. The maximum atomic E-state index is 12.9. The molecule has 0 aliphatic heterocycles. The van der Waals surface area contributed by atoms with E-state index >= 15 is 0 Å². The summed E-state index contributed by atoms with van der Waals surface area (Å²) in [5, 5.41) is 4.31. The molecule has 3 unspecified atom stereocenters. The number of aromatic nitrogens is 2. The van der Waals surface area contributed by atoms with E-state index in [9.17, 15) is 4.79 Å². The summed E-state index contributed by atoms with van der Waals surface area (Å²) in [4.78, 5) is 12.9. The summed E-state index contributed by atoms with van der Waals surface area (Å²) in [6.45, 7) is 4.09. The fraction of sp³-hybridized carbons (Fsp3) is 0.733. The van der Waals surface area contributed by atoms with Gasteiger partial charge in [0.05, 0.1) is 13.3 Å². The highest BCUT2D eigenvalue weighted by molar-refractivity contribution is 5.99. The molecular weight excluding hydrogens is 240 g/mol. The average molecular weight is 262 g/mol. The average Bonchev–Trinajstić information content (AvgIpc) is 3.11. The summed E-state index contributed by atoms with van der Waals surface area (Å²) in [6, 6.07) is 0.182. The van der Waals surface area contributed by atoms with Crippen LogP contribution in [0.1, 0.15) is 56.1 Å². The van der Waals surface area contributed by atoms with Gasteiger partial charge in [-0.2, -0.15) is 5.10 Å². The van der Waals surface area contributed by atoms with Crippen LogP contribution in [0.3, 0.4) is 0 Å². The Balaban J connectivity index is 1.92. The van der Waals surface area contributed by atoms with Crippen molar-refractivity contribution < 1.29 is 9.53 Å². The van der Waals surface area contributed by atoms with Crippen molar-refractivity contribution in [2.75, 3.05) is 7.11 Å². The molecule has 4 heteroatoms. The van der Waals surface area contributed by atoms with Crippen LogP contribution in [0.2, 0.25) is 0 Å². The number of carbonyl (C=O) groups is 1. The minimum atomic E-state index is 0.182. The van der Waals surface area contributed by atoms with Gasteiger partial charge in [0, 0.05) is 12.0 Å². The third-order valence-electron chi connectivity index (χ3n) is 4.78. The third kappa shape index (κ3) is 1.97. The van der Waals surface area contributed by atoms with Crippen molar-refractivity contribution in [2.24, 2.45) is 17.8 Å². The topological polar surface area (TPSA) is 44.1 Å². The second-order valence-corrected chi connectivity index (χ2v) is 6.25. The predicted molar refractivity (Wildman–Crippen MR) is 72.4 cm³/mol. The fourth-order valence-corrected chi connectivity index (χ4v) is 3.86. The summed E-state index contributed by atoms with van der Waals surface area (Å²) < 4.78 is 7.15. The predicted octanol–water partition coefficient (Wildman–Crippen LogP) is 3.09. The molecule has 0 radical (unpaired) electrons. The van der Waals surface area contributed by atoms with Gasteiger partial charge in [-0.3, -0.25) is 9.48 Å². The second-order valence-electron chi connectivity index (χ2n) is 6.25. The van der Waals surface area contributed by atoms with Gasteiger partial charge >= 0.3 is 0 Å². The number of hydrogen-bond donors (Lipinski definition) is 0. The smallest absolute Gasteiger partial charge is 0.188 e. The zero-order chi connectivity index (χ0) is 13.6. The molecule has 19 heavy (non-hydrogen) atoms. The van der Waals surface area contributed by atoms with Crippen LogP contribution in [0.5, 0.6) is 5.75 Å². The summed E-state index contributed by atoms with van der Waals surface area (Å²) in [5.74, 6) is 2.44. The highest BCUT2D eigenvalue weighted by Crippen LogP contribution is 2.49. The molecule has 2 fully saturated rings. The molecule has 2 aliphatic rings. The molecule has 0 saturated heterocycles. The first-order valence-corrected chi connectivity index (χ1v) is 7.27. The third-order valence-corrected chi connectivity index (χ3v) is 4.78. The molecule has 2 saturated carbocycles. The molecule has 0 amide bonds. The van der Waals surface area contributed by atoms with Crippen molar-refractivity contribution in [3.8, 4) is 5.75 Å². The number of ether oxygens (including phenoxy) is 1. The molecule has 2 bridgehead atoms. The SMILES string of the molecule is COc1cnn(C(C)C)c1C(=O)C1CC2CCC1C2. The number of carbonyl (C=O) groups excluding carboxylic acids is 1. The molecule has 0 N–H and O–H groups in total. The quantitative estimate of drug-likeness (QED) is 0.783. The Morgan fingerprint density at radius 3 is 2.74 bits per heavy atom. The lowest BCUT2D eigenvalue weighted by molar-refractivity contribution is 0.0858. The molecule has 3 atom stereocenters. The van der Waals surface area contributed by atoms with Crippen LogP contribution in [0.15, 0.2) is 6.20 Å². The Morgan fingerprint density at radius 1 is 1.42 bits per heavy atom. The summed E-state index contributed by atoms with van der Waals surface area (Å²) in [5.41, 5.74) is 0.676. The molecule has 1 aromatic heterocycles. The maximum Gasteiger partial charge on any atom is 0.188 e. The van der Waals surface area contributed by atoms with Crippen LogP contribution < -0.4 is 4.74 Å². The van der Waals surface area contributed by atoms with Gasteiger partial charge in [0.2, 0.25) is 0 Å². The van der Waals surface area contributed by atoms with Gasteiger partial charge in [0.1, 0.15) is 5.69 Å². The van der Waals surface area contributed by atoms with Gasteiger partial charge in [0.25, 0.3) is 0 Å². The summed E-state index contributed by atoms with van der Waals surface area (Å²) >= 11 is 0. The van der Waals surface area contributed by atoms with E-state index in [0.29, 0.717) is 17.4 Å². The first-order chi connectivity index (χ1) is 9.11. The van der Waals surface area contributed by atoms with E-state index < -0.39 is 0 Å². The lowest BCUT2D eigenvalue weighted by Gasteiger charge is -2.21. The maximum absolute atomic E-state index is 12.9. The lowest BCUT2D eigenvalue weighted by Crippen LogP contribution is -2.25. The normalized spacial score (nSPS) is 29.2. The minimum absolute atomic E-state index is 0.182. The van der Waals surface area contributed by atoms with Crippen LogP contribution in [0, 0.1) is 17.8 Å². The standard InChI is InChI=1S/C15H22N2O2/c1-9(2)17-14(13(19-3)8-16-17)15(18)12-7-10-4-5-11(12)6-10/h8-12H,4-7H2,1-3H3. The molecule has 4 nitrogen and oxygen atoms in total. The number of rotatable bonds is 4. The van der Waals surface area contributed by atoms with Gasteiger partial charge in [-0.15, -0.1) is 0 Å². The molecule has 104 valence electrons. The summed E-state index contributed by atoms with van der Waals surface area (Å²) in [6.07, 6.45) is 6.51. The fourth-order valence-electron chi connectivity index (χ4n) is 3.86. The molecule has 3 rings (SSSR count). The molecule has 1 heterocycles. The number of Topliss-reactive ketones (excluding diaryl/α,β-unsaturated/α-hetero) is 1. The van der Waals surface area contributed by atoms with Crippen LogP contribution in [-0.4, -0.2) is 22.7 Å². The van der Waals surface area contributed by atoms with E-state index in [4.69, 9.17) is 4.74 Å². The zero-order valence-corrected chi connectivity index (χ0v) is 11.9. The van der Waals surface area contributed by atoms with E-state index in [1.54, 1.807) is 13.3 Å². The molecule has 1 aromatic rings. The molecular formula is C15H22N2O2.